The molecule has 1 aromatic carbocycles. The highest BCUT2D eigenvalue weighted by Crippen LogP contribution is 2.25. The number of nitrogens with one attached hydrogen (secondary N) is 1. The Hall–Kier alpha value is -0.580. The van der Waals surface area contributed by atoms with E-state index < -0.39 is 0 Å². The number of benzene rings is 1. The van der Waals surface area contributed by atoms with Gasteiger partial charge in [-0.25, -0.2) is 0 Å². The molecule has 3 nitrogen and oxygen atoms in total. The van der Waals surface area contributed by atoms with Crippen LogP contribution in [0.5, 0.6) is 0 Å². The van der Waals surface area contributed by atoms with Crippen molar-refractivity contribution < 1.29 is 9.53 Å². The van der Waals surface area contributed by atoms with Crippen LogP contribution in [0.1, 0.15) is 13.8 Å². The molecule has 0 saturated carbocycles. The third-order valence-corrected chi connectivity index (χ3v) is 2.68. The number of hydrogen-bond acceptors (Lipinski definition) is 2. The van der Waals surface area contributed by atoms with E-state index in [2.05, 4.69) is 21.2 Å². The molecule has 0 radical (unpaired) electrons. The largest absolute Gasteiger partial charge is 0.369 e. The first-order valence-corrected chi connectivity index (χ1v) is 6.02. The lowest BCUT2D eigenvalue weighted by molar-refractivity contribution is -0.121. The fourth-order valence-corrected chi connectivity index (χ4v) is 1.54. The zero-order valence-electron chi connectivity index (χ0n) is 9.09. The van der Waals surface area contributed by atoms with Crippen LogP contribution in [-0.4, -0.2) is 18.6 Å². The first-order chi connectivity index (χ1) is 7.49. The molecule has 5 heteroatoms. The Bertz CT molecular complexity index is 382. The van der Waals surface area contributed by atoms with E-state index in [1.54, 1.807) is 18.2 Å². The van der Waals surface area contributed by atoms with Crippen molar-refractivity contribution in [2.75, 3.05) is 11.9 Å². The van der Waals surface area contributed by atoms with Crippen LogP contribution in [0.15, 0.2) is 22.7 Å². The second kappa shape index (κ2) is 6.23. The zero-order valence-corrected chi connectivity index (χ0v) is 11.4. The van der Waals surface area contributed by atoms with E-state index >= 15 is 0 Å². The lowest BCUT2D eigenvalue weighted by Crippen LogP contribution is -2.20. The summed E-state index contributed by atoms with van der Waals surface area (Å²) in [6.07, 6.45) is 0.0357. The topological polar surface area (TPSA) is 38.3 Å². The van der Waals surface area contributed by atoms with E-state index in [0.717, 1.165) is 4.47 Å². The summed E-state index contributed by atoms with van der Waals surface area (Å²) in [7, 11) is 0. The molecule has 0 heterocycles. The minimum absolute atomic E-state index is 0.0357. The average Bonchev–Trinajstić information content (AvgIpc) is 2.20. The van der Waals surface area contributed by atoms with Crippen molar-refractivity contribution in [2.45, 2.75) is 20.0 Å². The molecule has 0 spiro atoms. The average molecular weight is 307 g/mol. The normalized spacial score (nSPS) is 10.6. The zero-order chi connectivity index (χ0) is 12.1. The molecular weight excluding hydrogens is 293 g/mol. The molecule has 1 aromatic rings. The molecule has 0 unspecified atom stereocenters. The highest BCUT2D eigenvalue weighted by molar-refractivity contribution is 9.10. The smallest absolute Gasteiger partial charge is 0.250 e. The van der Waals surface area contributed by atoms with Crippen molar-refractivity contribution in [3.63, 3.8) is 0 Å². The Morgan fingerprint density at radius 3 is 2.88 bits per heavy atom. The predicted molar refractivity (Wildman–Crippen MR) is 68.9 cm³/mol. The summed E-state index contributed by atoms with van der Waals surface area (Å²) in [6.45, 7) is 3.79. The van der Waals surface area contributed by atoms with Gasteiger partial charge in [-0.2, -0.15) is 0 Å². The SMILES string of the molecule is CC(C)OCC(=O)Nc1cc(Cl)ccc1Br. The van der Waals surface area contributed by atoms with Gasteiger partial charge < -0.3 is 10.1 Å². The number of ether oxygens (including phenoxy) is 1. The van der Waals surface area contributed by atoms with Crippen LogP contribution in [0.25, 0.3) is 0 Å². The van der Waals surface area contributed by atoms with E-state index in [1.807, 2.05) is 13.8 Å². The van der Waals surface area contributed by atoms with Crippen LogP contribution in [0, 0.1) is 0 Å². The van der Waals surface area contributed by atoms with Crippen LogP contribution in [0.2, 0.25) is 5.02 Å². The molecule has 0 fully saturated rings. The van der Waals surface area contributed by atoms with Crippen molar-refractivity contribution in [1.29, 1.82) is 0 Å². The number of carbonyl (C=O) groups is 1. The highest BCUT2D eigenvalue weighted by atomic mass is 79.9. The number of carbonyl (C=O) groups excluding carboxylic acids is 1. The van der Waals surface area contributed by atoms with Crippen molar-refractivity contribution in [1.82, 2.24) is 0 Å². The Labute approximate surface area is 108 Å². The molecule has 0 saturated heterocycles. The highest BCUT2D eigenvalue weighted by Gasteiger charge is 2.07. The Morgan fingerprint density at radius 2 is 2.25 bits per heavy atom. The molecule has 1 N–H and O–H groups in total. The van der Waals surface area contributed by atoms with Crippen LogP contribution >= 0.6 is 27.5 Å². The van der Waals surface area contributed by atoms with E-state index in [-0.39, 0.29) is 18.6 Å². The van der Waals surface area contributed by atoms with Crippen LogP contribution in [0.4, 0.5) is 5.69 Å². The maximum atomic E-state index is 11.5. The van der Waals surface area contributed by atoms with E-state index in [9.17, 15) is 4.79 Å². The number of amides is 1. The van der Waals surface area contributed by atoms with Crippen molar-refractivity contribution in [3.05, 3.63) is 27.7 Å². The number of halogens is 2. The van der Waals surface area contributed by atoms with Gasteiger partial charge in [-0.1, -0.05) is 11.6 Å². The van der Waals surface area contributed by atoms with Crippen molar-refractivity contribution in [3.8, 4) is 0 Å². The second-order valence-corrected chi connectivity index (χ2v) is 4.82. The van der Waals surface area contributed by atoms with Gasteiger partial charge in [0.25, 0.3) is 0 Å². The molecule has 0 aliphatic carbocycles. The molecule has 1 rings (SSSR count). The molecule has 0 bridgehead atoms. The van der Waals surface area contributed by atoms with Crippen LogP contribution < -0.4 is 5.32 Å². The quantitative estimate of drug-likeness (QED) is 0.925. The Kier molecular flexibility index (Phi) is 5.25. The van der Waals surface area contributed by atoms with Gasteiger partial charge in [0.2, 0.25) is 5.91 Å². The van der Waals surface area contributed by atoms with Gasteiger partial charge in [0.1, 0.15) is 6.61 Å². The molecule has 88 valence electrons. The molecule has 0 aliphatic heterocycles. The van der Waals surface area contributed by atoms with Gasteiger partial charge in [0.15, 0.2) is 0 Å². The van der Waals surface area contributed by atoms with Gasteiger partial charge in [0.05, 0.1) is 11.8 Å². The minimum atomic E-state index is -0.198. The maximum Gasteiger partial charge on any atom is 0.250 e. The molecule has 1 amide bonds. The summed E-state index contributed by atoms with van der Waals surface area (Å²) in [5, 5.41) is 3.28. The third-order valence-electron chi connectivity index (χ3n) is 1.75. The van der Waals surface area contributed by atoms with Gasteiger partial charge in [-0.15, -0.1) is 0 Å². The van der Waals surface area contributed by atoms with Crippen molar-refractivity contribution in [2.24, 2.45) is 0 Å². The fourth-order valence-electron chi connectivity index (χ4n) is 1.02. The Balaban J connectivity index is 2.59. The number of hydrogen-bond donors (Lipinski definition) is 1. The standard InChI is InChI=1S/C11H13BrClNO2/c1-7(2)16-6-11(15)14-10-5-8(13)3-4-9(10)12/h3-5,7H,6H2,1-2H3,(H,14,15). The van der Waals surface area contributed by atoms with E-state index in [4.69, 9.17) is 16.3 Å². The summed E-state index contributed by atoms with van der Waals surface area (Å²) in [4.78, 5) is 11.5. The van der Waals surface area contributed by atoms with Gasteiger partial charge in [0, 0.05) is 9.50 Å². The molecule has 16 heavy (non-hydrogen) atoms. The van der Waals surface area contributed by atoms with Crippen LogP contribution in [0.3, 0.4) is 0 Å². The molecule has 0 atom stereocenters. The lowest BCUT2D eigenvalue weighted by Gasteiger charge is -2.09. The van der Waals surface area contributed by atoms with Gasteiger partial charge in [-0.3, -0.25) is 4.79 Å². The Morgan fingerprint density at radius 1 is 1.56 bits per heavy atom. The maximum absolute atomic E-state index is 11.5. The molecular formula is C11H13BrClNO2. The predicted octanol–water partition coefficient (Wildman–Crippen LogP) is 3.47. The minimum Gasteiger partial charge on any atom is -0.369 e. The summed E-state index contributed by atoms with van der Waals surface area (Å²) in [5.41, 5.74) is 0.643. The number of rotatable bonds is 4. The number of anilines is 1. The van der Waals surface area contributed by atoms with Gasteiger partial charge in [-0.05, 0) is 48.0 Å². The van der Waals surface area contributed by atoms with Crippen LogP contribution in [-0.2, 0) is 9.53 Å². The first kappa shape index (κ1) is 13.5. The van der Waals surface area contributed by atoms with Crippen molar-refractivity contribution >= 4 is 39.1 Å². The molecule has 0 aromatic heterocycles. The lowest BCUT2D eigenvalue weighted by atomic mass is 10.3. The van der Waals surface area contributed by atoms with Gasteiger partial charge >= 0.3 is 0 Å². The van der Waals surface area contributed by atoms with E-state index in [1.165, 1.54) is 0 Å². The summed E-state index contributed by atoms with van der Waals surface area (Å²) in [5.74, 6) is -0.198. The fraction of sp³-hybridized carbons (Fsp3) is 0.364. The summed E-state index contributed by atoms with van der Waals surface area (Å²) in [6, 6.07) is 5.20. The molecule has 0 aliphatic rings. The summed E-state index contributed by atoms with van der Waals surface area (Å²) < 4.78 is 5.97. The third kappa shape index (κ3) is 4.51. The monoisotopic (exact) mass is 305 g/mol. The summed E-state index contributed by atoms with van der Waals surface area (Å²) >= 11 is 9.15. The second-order valence-electron chi connectivity index (χ2n) is 3.53. The van der Waals surface area contributed by atoms with E-state index in [0.29, 0.717) is 10.7 Å². The first-order valence-electron chi connectivity index (χ1n) is 4.85.